The van der Waals surface area contributed by atoms with Gasteiger partial charge in [-0.05, 0) is 5.56 Å². The number of nitrogens with zero attached hydrogens (tertiary/aromatic N) is 1. The van der Waals surface area contributed by atoms with E-state index in [2.05, 4.69) is 4.90 Å². The number of morpholine rings is 1. The summed E-state index contributed by atoms with van der Waals surface area (Å²) in [5.41, 5.74) is 1.14. The van der Waals surface area contributed by atoms with Gasteiger partial charge >= 0.3 is 0 Å². The highest BCUT2D eigenvalue weighted by Gasteiger charge is 2.14. The first-order chi connectivity index (χ1) is 8.84. The van der Waals surface area contributed by atoms with Gasteiger partial charge in [0.15, 0.2) is 0 Å². The van der Waals surface area contributed by atoms with Crippen molar-refractivity contribution >= 4 is 12.4 Å². The van der Waals surface area contributed by atoms with Crippen molar-refractivity contribution in [1.82, 2.24) is 4.90 Å². The smallest absolute Gasteiger partial charge is 0.0900 e. The number of β-amino-alcohol motifs (C(OH)–C–C–N with tert-alkyl or cyclic N) is 1. The molecule has 1 aromatic rings. The Labute approximate surface area is 120 Å². The molecular formula is C14H22ClNO3. The predicted octanol–water partition coefficient (Wildman–Crippen LogP) is 1.32. The van der Waals surface area contributed by atoms with Crippen molar-refractivity contribution in [2.24, 2.45) is 0 Å². The maximum atomic E-state index is 9.87. The second-order valence-corrected chi connectivity index (χ2v) is 4.57. The van der Waals surface area contributed by atoms with Crippen LogP contribution in [-0.4, -0.2) is 55.6 Å². The molecule has 0 amide bonds. The normalized spacial score (nSPS) is 17.7. The van der Waals surface area contributed by atoms with Gasteiger partial charge in [0.1, 0.15) is 0 Å². The van der Waals surface area contributed by atoms with Crippen LogP contribution in [0.15, 0.2) is 30.3 Å². The van der Waals surface area contributed by atoms with Crippen molar-refractivity contribution in [3.8, 4) is 0 Å². The molecule has 2 rings (SSSR count). The highest BCUT2D eigenvalue weighted by atomic mass is 35.5. The summed E-state index contributed by atoms with van der Waals surface area (Å²) < 4.78 is 10.8. The van der Waals surface area contributed by atoms with Crippen molar-refractivity contribution in [2.75, 3.05) is 39.5 Å². The van der Waals surface area contributed by atoms with Crippen LogP contribution in [0.25, 0.3) is 0 Å². The summed E-state index contributed by atoms with van der Waals surface area (Å²) in [7, 11) is 0. The van der Waals surface area contributed by atoms with Gasteiger partial charge in [-0.2, -0.15) is 0 Å². The molecule has 108 valence electrons. The summed E-state index contributed by atoms with van der Waals surface area (Å²) in [5, 5.41) is 9.87. The molecule has 19 heavy (non-hydrogen) atoms. The molecule has 1 aliphatic heterocycles. The Hall–Kier alpha value is -0.650. The number of rotatable bonds is 6. The van der Waals surface area contributed by atoms with Crippen LogP contribution in [0, 0.1) is 0 Å². The molecule has 1 atom stereocenters. The van der Waals surface area contributed by atoms with Crippen LogP contribution in [0.4, 0.5) is 0 Å². The minimum absolute atomic E-state index is 0. The van der Waals surface area contributed by atoms with Gasteiger partial charge in [0.2, 0.25) is 0 Å². The Morgan fingerprint density at radius 3 is 2.58 bits per heavy atom. The van der Waals surface area contributed by atoms with Gasteiger partial charge in [-0.25, -0.2) is 0 Å². The molecule has 0 aliphatic carbocycles. The van der Waals surface area contributed by atoms with Crippen molar-refractivity contribution in [3.05, 3.63) is 35.9 Å². The van der Waals surface area contributed by atoms with Crippen LogP contribution in [-0.2, 0) is 16.1 Å². The number of aliphatic hydroxyl groups excluding tert-OH is 1. The van der Waals surface area contributed by atoms with Crippen molar-refractivity contribution in [3.63, 3.8) is 0 Å². The van der Waals surface area contributed by atoms with Crippen molar-refractivity contribution < 1.29 is 14.6 Å². The highest BCUT2D eigenvalue weighted by Crippen LogP contribution is 2.03. The lowest BCUT2D eigenvalue weighted by Crippen LogP contribution is -2.42. The molecule has 0 aromatic heterocycles. The summed E-state index contributed by atoms with van der Waals surface area (Å²) in [6.07, 6.45) is -0.424. The molecule has 0 radical (unpaired) electrons. The van der Waals surface area contributed by atoms with E-state index in [9.17, 15) is 5.11 Å². The van der Waals surface area contributed by atoms with E-state index in [0.29, 0.717) is 19.8 Å². The zero-order valence-electron chi connectivity index (χ0n) is 11.0. The SMILES string of the molecule is Cl.OC(COCc1ccccc1)CN1CCOCC1. The molecule has 1 heterocycles. The number of benzene rings is 1. The Kier molecular flexibility index (Phi) is 8.02. The first-order valence-corrected chi connectivity index (χ1v) is 6.44. The maximum absolute atomic E-state index is 9.87. The van der Waals surface area contributed by atoms with Crippen LogP contribution in [0.5, 0.6) is 0 Å². The number of halogens is 1. The quantitative estimate of drug-likeness (QED) is 0.857. The van der Waals surface area contributed by atoms with Gasteiger partial charge in [-0.15, -0.1) is 12.4 Å². The van der Waals surface area contributed by atoms with E-state index in [-0.39, 0.29) is 12.4 Å². The maximum Gasteiger partial charge on any atom is 0.0900 e. The van der Waals surface area contributed by atoms with Crippen LogP contribution < -0.4 is 0 Å². The van der Waals surface area contributed by atoms with E-state index in [4.69, 9.17) is 9.47 Å². The fourth-order valence-electron chi connectivity index (χ4n) is 2.02. The number of hydrogen-bond acceptors (Lipinski definition) is 4. The van der Waals surface area contributed by atoms with Gasteiger partial charge in [0.05, 0.1) is 32.5 Å². The molecule has 4 nitrogen and oxygen atoms in total. The van der Waals surface area contributed by atoms with Gasteiger partial charge < -0.3 is 14.6 Å². The first-order valence-electron chi connectivity index (χ1n) is 6.44. The average molecular weight is 288 g/mol. The summed E-state index contributed by atoms with van der Waals surface area (Å²) in [6.45, 7) is 4.92. The van der Waals surface area contributed by atoms with Gasteiger partial charge in [-0.1, -0.05) is 30.3 Å². The van der Waals surface area contributed by atoms with Crippen LogP contribution in [0.3, 0.4) is 0 Å². The Bertz CT molecular complexity index is 331. The summed E-state index contributed by atoms with van der Waals surface area (Å²) >= 11 is 0. The van der Waals surface area contributed by atoms with E-state index in [1.165, 1.54) is 0 Å². The van der Waals surface area contributed by atoms with Crippen molar-refractivity contribution in [2.45, 2.75) is 12.7 Å². The molecule has 0 spiro atoms. The van der Waals surface area contributed by atoms with Crippen LogP contribution in [0.1, 0.15) is 5.56 Å². The fourth-order valence-corrected chi connectivity index (χ4v) is 2.02. The zero-order valence-corrected chi connectivity index (χ0v) is 11.8. The first kappa shape index (κ1) is 16.4. The Morgan fingerprint density at radius 1 is 1.21 bits per heavy atom. The largest absolute Gasteiger partial charge is 0.389 e. The second kappa shape index (κ2) is 9.28. The third-order valence-electron chi connectivity index (χ3n) is 2.99. The van der Waals surface area contributed by atoms with E-state index >= 15 is 0 Å². The molecule has 1 aromatic carbocycles. The lowest BCUT2D eigenvalue weighted by molar-refractivity contribution is -0.0175. The molecule has 1 fully saturated rings. The van der Waals surface area contributed by atoms with Gasteiger partial charge in [-0.3, -0.25) is 4.90 Å². The van der Waals surface area contributed by atoms with Crippen LogP contribution >= 0.6 is 12.4 Å². The zero-order chi connectivity index (χ0) is 12.6. The minimum atomic E-state index is -0.424. The van der Waals surface area contributed by atoms with Gasteiger partial charge in [0.25, 0.3) is 0 Å². The molecule has 5 heteroatoms. The van der Waals surface area contributed by atoms with Gasteiger partial charge in [0, 0.05) is 19.6 Å². The monoisotopic (exact) mass is 287 g/mol. The molecule has 1 saturated heterocycles. The number of aliphatic hydroxyl groups is 1. The number of ether oxygens (including phenoxy) is 2. The van der Waals surface area contributed by atoms with E-state index in [0.717, 1.165) is 31.9 Å². The average Bonchev–Trinajstić information content (AvgIpc) is 2.41. The van der Waals surface area contributed by atoms with E-state index in [1.54, 1.807) is 0 Å². The lowest BCUT2D eigenvalue weighted by Gasteiger charge is -2.28. The molecule has 0 saturated carbocycles. The summed E-state index contributed by atoms with van der Waals surface area (Å²) in [4.78, 5) is 2.21. The molecule has 1 unspecified atom stereocenters. The molecule has 0 bridgehead atoms. The second-order valence-electron chi connectivity index (χ2n) is 4.57. The molecular weight excluding hydrogens is 266 g/mol. The molecule has 1 aliphatic rings. The topological polar surface area (TPSA) is 41.9 Å². The standard InChI is InChI=1S/C14H21NO3.ClH/c16-14(10-15-6-8-17-9-7-15)12-18-11-13-4-2-1-3-5-13;/h1-5,14,16H,6-12H2;1H. The fraction of sp³-hybridized carbons (Fsp3) is 0.571. The van der Waals surface area contributed by atoms with E-state index in [1.807, 2.05) is 30.3 Å². The summed E-state index contributed by atoms with van der Waals surface area (Å²) in [6, 6.07) is 10.0. The minimum Gasteiger partial charge on any atom is -0.389 e. The Balaban J connectivity index is 0.00000180. The third kappa shape index (κ3) is 6.36. The predicted molar refractivity (Wildman–Crippen MR) is 76.6 cm³/mol. The number of hydrogen-bond donors (Lipinski definition) is 1. The third-order valence-corrected chi connectivity index (χ3v) is 2.99. The highest BCUT2D eigenvalue weighted by molar-refractivity contribution is 5.85. The van der Waals surface area contributed by atoms with E-state index < -0.39 is 6.10 Å². The van der Waals surface area contributed by atoms with Crippen molar-refractivity contribution in [1.29, 1.82) is 0 Å². The Morgan fingerprint density at radius 2 is 1.89 bits per heavy atom. The lowest BCUT2D eigenvalue weighted by atomic mass is 10.2. The summed E-state index contributed by atoms with van der Waals surface area (Å²) in [5.74, 6) is 0. The molecule has 1 N–H and O–H groups in total. The van der Waals surface area contributed by atoms with Crippen LogP contribution in [0.2, 0.25) is 0 Å².